The van der Waals surface area contributed by atoms with Gasteiger partial charge in [0.25, 0.3) is 0 Å². The van der Waals surface area contributed by atoms with Gasteiger partial charge in [-0.25, -0.2) is 0 Å². The van der Waals surface area contributed by atoms with Crippen molar-refractivity contribution in [3.8, 4) is 0 Å². The number of hydrogen-bond acceptors (Lipinski definition) is 6. The molecule has 0 radical (unpaired) electrons. The highest BCUT2D eigenvalue weighted by atomic mass is 16.5. The largest absolute Gasteiger partial charge is 0.466 e. The van der Waals surface area contributed by atoms with Gasteiger partial charge in [0.2, 0.25) is 0 Å². The van der Waals surface area contributed by atoms with Crippen LogP contribution in [0.15, 0.2) is 0 Å². The Hall–Kier alpha value is -0.690. The second-order valence-electron chi connectivity index (χ2n) is 4.06. The summed E-state index contributed by atoms with van der Waals surface area (Å²) < 4.78 is 14.9. The van der Waals surface area contributed by atoms with E-state index in [2.05, 4.69) is 0 Å². The molecule has 0 aliphatic carbocycles. The molecule has 0 aromatic carbocycles. The van der Waals surface area contributed by atoms with Crippen LogP contribution in [0, 0.1) is 0 Å². The molecule has 6 heteroatoms. The third-order valence-electron chi connectivity index (χ3n) is 2.09. The lowest BCUT2D eigenvalue weighted by molar-refractivity contribution is -0.148. The molecule has 0 fully saturated rings. The van der Waals surface area contributed by atoms with E-state index < -0.39 is 11.6 Å². The van der Waals surface area contributed by atoms with Crippen LogP contribution in [0.2, 0.25) is 0 Å². The zero-order chi connectivity index (χ0) is 13.1. The minimum Gasteiger partial charge on any atom is -0.466 e. The Labute approximate surface area is 102 Å². The average molecular weight is 249 g/mol. The van der Waals surface area contributed by atoms with Gasteiger partial charge in [0.1, 0.15) is 0 Å². The molecule has 0 aliphatic rings. The van der Waals surface area contributed by atoms with Gasteiger partial charge in [0, 0.05) is 26.7 Å². The van der Waals surface area contributed by atoms with Crippen LogP contribution in [0.25, 0.3) is 0 Å². The maximum Gasteiger partial charge on any atom is 0.308 e. The van der Waals surface area contributed by atoms with E-state index in [0.29, 0.717) is 26.2 Å². The normalized spacial score (nSPS) is 14.4. The summed E-state index contributed by atoms with van der Waals surface area (Å²) in [4.78, 5) is 11.3. The van der Waals surface area contributed by atoms with Crippen LogP contribution in [-0.4, -0.2) is 56.8 Å². The Morgan fingerprint density at radius 3 is 2.59 bits per heavy atom. The molecule has 17 heavy (non-hydrogen) atoms. The van der Waals surface area contributed by atoms with Gasteiger partial charge in [0.05, 0.1) is 31.8 Å². The first kappa shape index (κ1) is 16.3. The molecule has 0 amide bonds. The van der Waals surface area contributed by atoms with Crippen molar-refractivity contribution in [2.75, 3.05) is 40.1 Å². The van der Waals surface area contributed by atoms with Crippen molar-refractivity contribution in [2.24, 2.45) is 5.73 Å². The molecule has 1 atom stereocenters. The van der Waals surface area contributed by atoms with Gasteiger partial charge < -0.3 is 25.1 Å². The van der Waals surface area contributed by atoms with E-state index in [0.717, 1.165) is 0 Å². The third-order valence-corrected chi connectivity index (χ3v) is 2.09. The predicted molar refractivity (Wildman–Crippen MR) is 62.6 cm³/mol. The summed E-state index contributed by atoms with van der Waals surface area (Å²) in [5.74, 6) is -0.447. The first-order valence-electron chi connectivity index (χ1n) is 5.66. The summed E-state index contributed by atoms with van der Waals surface area (Å²) in [5.41, 5.74) is 4.10. The molecular weight excluding hydrogens is 226 g/mol. The molecule has 0 aromatic rings. The van der Waals surface area contributed by atoms with E-state index in [1.54, 1.807) is 7.11 Å². The molecule has 0 rings (SSSR count). The molecule has 6 nitrogen and oxygen atoms in total. The number of esters is 1. The summed E-state index contributed by atoms with van der Waals surface area (Å²) in [6.07, 6.45) is 0.536. The van der Waals surface area contributed by atoms with E-state index >= 15 is 0 Å². The van der Waals surface area contributed by atoms with Crippen LogP contribution in [0.3, 0.4) is 0 Å². The van der Waals surface area contributed by atoms with Gasteiger partial charge in [-0.05, 0) is 6.92 Å². The van der Waals surface area contributed by atoms with Crippen molar-refractivity contribution in [1.82, 2.24) is 0 Å². The van der Waals surface area contributed by atoms with Crippen LogP contribution in [0.1, 0.15) is 19.8 Å². The third kappa shape index (κ3) is 10.2. The van der Waals surface area contributed by atoms with Gasteiger partial charge in [-0.15, -0.1) is 0 Å². The number of aliphatic hydroxyl groups is 1. The van der Waals surface area contributed by atoms with Gasteiger partial charge in [-0.1, -0.05) is 0 Å². The van der Waals surface area contributed by atoms with E-state index in [1.807, 2.05) is 0 Å². The average Bonchev–Trinajstić information content (AvgIpc) is 2.27. The van der Waals surface area contributed by atoms with Crippen molar-refractivity contribution < 1.29 is 24.1 Å². The highest BCUT2D eigenvalue weighted by Crippen LogP contribution is 2.07. The minimum absolute atomic E-state index is 0.0300. The standard InChI is InChI=1S/C11H23NO5/c1-11(14,9-12)8-10(13)17-5-3-4-16-7-6-15-2/h14H,3-9,12H2,1-2H3. The first-order valence-corrected chi connectivity index (χ1v) is 5.66. The van der Waals surface area contributed by atoms with E-state index in [1.165, 1.54) is 6.92 Å². The lowest BCUT2D eigenvalue weighted by Gasteiger charge is -2.19. The van der Waals surface area contributed by atoms with Crippen LogP contribution in [0.4, 0.5) is 0 Å². The molecule has 3 N–H and O–H groups in total. The predicted octanol–water partition coefficient (Wildman–Crippen LogP) is -0.317. The molecule has 102 valence electrons. The molecule has 1 unspecified atom stereocenters. The first-order chi connectivity index (χ1) is 8.02. The monoisotopic (exact) mass is 249 g/mol. The number of hydrogen-bond donors (Lipinski definition) is 2. The van der Waals surface area contributed by atoms with E-state index in [-0.39, 0.29) is 19.6 Å². The maximum atomic E-state index is 11.3. The van der Waals surface area contributed by atoms with Crippen LogP contribution in [0.5, 0.6) is 0 Å². The minimum atomic E-state index is -1.19. The second kappa shape index (κ2) is 9.35. The fourth-order valence-electron chi connectivity index (χ4n) is 1.03. The molecule has 0 saturated heterocycles. The van der Waals surface area contributed by atoms with Crippen molar-refractivity contribution in [3.63, 3.8) is 0 Å². The van der Waals surface area contributed by atoms with Crippen molar-refractivity contribution in [2.45, 2.75) is 25.4 Å². The quantitative estimate of drug-likeness (QED) is 0.407. The number of carbonyl (C=O) groups is 1. The number of carbonyl (C=O) groups excluding carboxylic acids is 1. The van der Waals surface area contributed by atoms with Crippen LogP contribution < -0.4 is 5.73 Å². The smallest absolute Gasteiger partial charge is 0.308 e. The van der Waals surface area contributed by atoms with Gasteiger partial charge >= 0.3 is 5.97 Å². The molecule has 0 aliphatic heterocycles. The van der Waals surface area contributed by atoms with Gasteiger partial charge in [0.15, 0.2) is 0 Å². The summed E-state index contributed by atoms with van der Waals surface area (Å²) in [5, 5.41) is 9.53. The number of ether oxygens (including phenoxy) is 3. The zero-order valence-electron chi connectivity index (χ0n) is 10.6. The lowest BCUT2D eigenvalue weighted by atomic mass is 10.0. The maximum absolute atomic E-state index is 11.3. The van der Waals surface area contributed by atoms with Crippen LogP contribution in [-0.2, 0) is 19.0 Å². The SMILES string of the molecule is COCCOCCCOC(=O)CC(C)(O)CN. The van der Waals surface area contributed by atoms with Gasteiger partial charge in [-0.3, -0.25) is 4.79 Å². The second-order valence-corrected chi connectivity index (χ2v) is 4.06. The molecule has 0 bridgehead atoms. The Morgan fingerprint density at radius 1 is 1.29 bits per heavy atom. The van der Waals surface area contributed by atoms with Crippen molar-refractivity contribution in [3.05, 3.63) is 0 Å². The van der Waals surface area contributed by atoms with Gasteiger partial charge in [-0.2, -0.15) is 0 Å². The molecule has 0 heterocycles. The van der Waals surface area contributed by atoms with Crippen molar-refractivity contribution >= 4 is 5.97 Å². The zero-order valence-corrected chi connectivity index (χ0v) is 10.6. The highest BCUT2D eigenvalue weighted by molar-refractivity contribution is 5.70. The molecule has 0 saturated carbocycles. The van der Waals surface area contributed by atoms with E-state index in [4.69, 9.17) is 19.9 Å². The molecular formula is C11H23NO5. The summed E-state index contributed by atoms with van der Waals surface area (Å²) in [7, 11) is 1.61. The van der Waals surface area contributed by atoms with Crippen molar-refractivity contribution in [1.29, 1.82) is 0 Å². The van der Waals surface area contributed by atoms with E-state index in [9.17, 15) is 9.90 Å². The molecule has 0 spiro atoms. The van der Waals surface area contributed by atoms with Crippen LogP contribution >= 0.6 is 0 Å². The topological polar surface area (TPSA) is 91.0 Å². The summed E-state index contributed by atoms with van der Waals surface area (Å²) in [6, 6.07) is 0. The summed E-state index contributed by atoms with van der Waals surface area (Å²) >= 11 is 0. The number of rotatable bonds is 10. The highest BCUT2D eigenvalue weighted by Gasteiger charge is 2.23. The number of nitrogens with two attached hydrogens (primary N) is 1. The molecule has 0 aromatic heterocycles. The lowest BCUT2D eigenvalue weighted by Crippen LogP contribution is -2.37. The fourth-order valence-corrected chi connectivity index (χ4v) is 1.03. The Bertz CT molecular complexity index is 208. The Balaban J connectivity index is 3.40. The Morgan fingerprint density at radius 2 is 2.00 bits per heavy atom. The number of methoxy groups -OCH3 is 1. The fraction of sp³-hybridized carbons (Fsp3) is 0.909. The summed E-state index contributed by atoms with van der Waals surface area (Å²) in [6.45, 7) is 3.42. The Kier molecular flexibility index (Phi) is 8.97.